The normalized spacial score (nSPS) is 21.7. The number of pyridine rings is 1. The van der Waals surface area contributed by atoms with Gasteiger partial charge in [0.05, 0.1) is 10.9 Å². The van der Waals surface area contributed by atoms with E-state index in [9.17, 15) is 14.4 Å². The molecular formula is C17H21N5O3. The number of aromatic amines is 1. The van der Waals surface area contributed by atoms with Gasteiger partial charge in [-0.15, -0.1) is 0 Å². The largest absolute Gasteiger partial charge is 0.333 e. The Morgan fingerprint density at radius 1 is 1.28 bits per heavy atom. The minimum atomic E-state index is -0.495. The Balaban J connectivity index is 1.75. The molecule has 2 aromatic heterocycles. The van der Waals surface area contributed by atoms with Gasteiger partial charge in [-0.3, -0.25) is 19.1 Å². The molecule has 0 bridgehead atoms. The van der Waals surface area contributed by atoms with E-state index in [1.54, 1.807) is 6.07 Å². The molecule has 2 fully saturated rings. The third-order valence-corrected chi connectivity index (χ3v) is 5.03. The second kappa shape index (κ2) is 5.80. The fraction of sp³-hybridized carbons (Fsp3) is 0.529. The van der Waals surface area contributed by atoms with E-state index in [1.165, 1.54) is 10.8 Å². The fourth-order valence-corrected chi connectivity index (χ4v) is 3.53. The van der Waals surface area contributed by atoms with Gasteiger partial charge in [-0.05, 0) is 32.9 Å². The van der Waals surface area contributed by atoms with Crippen molar-refractivity contribution in [3.8, 4) is 0 Å². The van der Waals surface area contributed by atoms with Crippen LogP contribution in [-0.4, -0.2) is 63.0 Å². The number of carbonyl (C=O) groups excluding carboxylic acids is 1. The quantitative estimate of drug-likeness (QED) is 0.841. The summed E-state index contributed by atoms with van der Waals surface area (Å²) in [6, 6.07) is 1.76. The van der Waals surface area contributed by atoms with Crippen LogP contribution in [0.3, 0.4) is 0 Å². The number of hydrogen-bond donors (Lipinski definition) is 1. The second-order valence-electron chi connectivity index (χ2n) is 7.07. The number of H-pyrrole nitrogens is 1. The molecule has 0 spiro atoms. The molecule has 25 heavy (non-hydrogen) atoms. The lowest BCUT2D eigenvalue weighted by atomic mass is 10.1. The van der Waals surface area contributed by atoms with Gasteiger partial charge in [-0.25, -0.2) is 9.78 Å². The number of fused-ring (bicyclic) bond motifs is 1. The number of amides is 1. The number of nitrogens with zero attached hydrogens (tertiary/aromatic N) is 4. The van der Waals surface area contributed by atoms with Crippen LogP contribution in [0.25, 0.3) is 11.0 Å². The molecule has 1 atom stereocenters. The van der Waals surface area contributed by atoms with Gasteiger partial charge >= 0.3 is 5.69 Å². The third kappa shape index (κ3) is 2.76. The van der Waals surface area contributed by atoms with Crippen LogP contribution in [0.4, 0.5) is 0 Å². The molecule has 0 radical (unpaired) electrons. The van der Waals surface area contributed by atoms with Crippen molar-refractivity contribution in [2.75, 3.05) is 26.7 Å². The highest BCUT2D eigenvalue weighted by atomic mass is 16.2. The second-order valence-corrected chi connectivity index (χ2v) is 7.07. The van der Waals surface area contributed by atoms with Gasteiger partial charge < -0.3 is 9.80 Å². The Hall–Kier alpha value is -2.48. The van der Waals surface area contributed by atoms with Gasteiger partial charge in [0.25, 0.3) is 11.5 Å². The Morgan fingerprint density at radius 3 is 2.72 bits per heavy atom. The van der Waals surface area contributed by atoms with E-state index in [4.69, 9.17) is 0 Å². The zero-order chi connectivity index (χ0) is 17.7. The van der Waals surface area contributed by atoms with E-state index in [0.29, 0.717) is 23.1 Å². The standard InChI is InChI=1S/C17H21N5O3/c1-10-9-20(2)5-6-21(10)16(24)11-7-13-14(18-8-11)22(12-3-4-12)17(25)19-15(13)23/h7-8,10,12H,3-6,9H2,1-2H3,(H,19,23,25). The summed E-state index contributed by atoms with van der Waals surface area (Å²) >= 11 is 0. The molecule has 2 aliphatic rings. The molecule has 1 saturated heterocycles. The predicted octanol–water partition coefficient (Wildman–Crippen LogP) is 0.196. The van der Waals surface area contributed by atoms with Crippen molar-refractivity contribution in [1.82, 2.24) is 24.3 Å². The molecule has 1 saturated carbocycles. The topological polar surface area (TPSA) is 91.3 Å². The van der Waals surface area contributed by atoms with E-state index < -0.39 is 11.2 Å². The van der Waals surface area contributed by atoms with E-state index in [0.717, 1.165) is 25.9 Å². The number of aromatic nitrogens is 3. The lowest BCUT2D eigenvalue weighted by Crippen LogP contribution is -2.52. The molecule has 0 aromatic carbocycles. The highest BCUT2D eigenvalue weighted by Gasteiger charge is 2.29. The number of hydrogen-bond acceptors (Lipinski definition) is 5. The zero-order valence-corrected chi connectivity index (χ0v) is 14.4. The van der Waals surface area contributed by atoms with Gasteiger partial charge in [0.1, 0.15) is 5.65 Å². The molecular weight excluding hydrogens is 322 g/mol. The first kappa shape index (κ1) is 16.0. The first-order valence-electron chi connectivity index (χ1n) is 8.60. The molecule has 1 aliphatic carbocycles. The van der Waals surface area contributed by atoms with Crippen LogP contribution in [0.15, 0.2) is 21.9 Å². The zero-order valence-electron chi connectivity index (χ0n) is 14.4. The Labute approximate surface area is 144 Å². The first-order valence-corrected chi connectivity index (χ1v) is 8.60. The summed E-state index contributed by atoms with van der Waals surface area (Å²) < 4.78 is 1.53. The van der Waals surface area contributed by atoms with Crippen molar-refractivity contribution < 1.29 is 4.79 Å². The maximum absolute atomic E-state index is 12.9. The van der Waals surface area contributed by atoms with Crippen molar-refractivity contribution in [1.29, 1.82) is 0 Å². The summed E-state index contributed by atoms with van der Waals surface area (Å²) in [6.07, 6.45) is 3.29. The van der Waals surface area contributed by atoms with E-state index >= 15 is 0 Å². The van der Waals surface area contributed by atoms with Crippen LogP contribution in [0, 0.1) is 0 Å². The number of piperazine rings is 1. The Morgan fingerprint density at radius 2 is 2.04 bits per heavy atom. The maximum Gasteiger partial charge on any atom is 0.330 e. The molecule has 2 aromatic rings. The van der Waals surface area contributed by atoms with Gasteiger partial charge in [0.15, 0.2) is 0 Å². The van der Waals surface area contributed by atoms with Crippen molar-refractivity contribution in [2.24, 2.45) is 0 Å². The molecule has 132 valence electrons. The molecule has 1 N–H and O–H groups in total. The highest BCUT2D eigenvalue weighted by molar-refractivity contribution is 5.97. The van der Waals surface area contributed by atoms with Crippen LogP contribution in [0.1, 0.15) is 36.2 Å². The summed E-state index contributed by atoms with van der Waals surface area (Å²) in [7, 11) is 2.03. The van der Waals surface area contributed by atoms with E-state index in [1.807, 2.05) is 18.9 Å². The average Bonchev–Trinajstić information content (AvgIpc) is 3.39. The maximum atomic E-state index is 12.9. The van der Waals surface area contributed by atoms with Crippen molar-refractivity contribution in [3.05, 3.63) is 38.7 Å². The molecule has 3 heterocycles. The number of carbonyl (C=O) groups is 1. The number of likely N-dealkylation sites (N-methyl/N-ethyl adjacent to an activating group) is 1. The first-order chi connectivity index (χ1) is 12.0. The van der Waals surface area contributed by atoms with Crippen LogP contribution in [-0.2, 0) is 0 Å². The minimum absolute atomic E-state index is 0.0959. The van der Waals surface area contributed by atoms with Crippen molar-refractivity contribution in [3.63, 3.8) is 0 Å². The van der Waals surface area contributed by atoms with E-state index in [2.05, 4.69) is 14.9 Å². The number of rotatable bonds is 2. The van der Waals surface area contributed by atoms with Gasteiger partial charge in [0, 0.05) is 37.9 Å². The molecule has 1 unspecified atom stereocenters. The summed E-state index contributed by atoms with van der Waals surface area (Å²) in [5, 5.41) is 0.291. The van der Waals surface area contributed by atoms with Crippen LogP contribution < -0.4 is 11.2 Å². The molecule has 8 heteroatoms. The lowest BCUT2D eigenvalue weighted by molar-refractivity contribution is 0.0533. The Kier molecular flexibility index (Phi) is 3.72. The average molecular weight is 343 g/mol. The van der Waals surface area contributed by atoms with Crippen LogP contribution >= 0.6 is 0 Å². The lowest BCUT2D eigenvalue weighted by Gasteiger charge is -2.38. The molecule has 1 aliphatic heterocycles. The SMILES string of the molecule is CC1CN(C)CCN1C(=O)c1cnc2c(c1)c(=O)[nH]c(=O)n2C1CC1. The van der Waals surface area contributed by atoms with E-state index in [-0.39, 0.29) is 18.0 Å². The van der Waals surface area contributed by atoms with Gasteiger partial charge in [-0.2, -0.15) is 0 Å². The number of nitrogens with one attached hydrogen (secondary N) is 1. The fourth-order valence-electron chi connectivity index (χ4n) is 3.53. The predicted molar refractivity (Wildman–Crippen MR) is 92.9 cm³/mol. The molecule has 1 amide bonds. The van der Waals surface area contributed by atoms with Gasteiger partial charge in [0.2, 0.25) is 0 Å². The van der Waals surface area contributed by atoms with Crippen molar-refractivity contribution >= 4 is 16.9 Å². The van der Waals surface area contributed by atoms with Crippen LogP contribution in [0.5, 0.6) is 0 Å². The molecule has 8 nitrogen and oxygen atoms in total. The monoisotopic (exact) mass is 343 g/mol. The van der Waals surface area contributed by atoms with Gasteiger partial charge in [-0.1, -0.05) is 0 Å². The third-order valence-electron chi connectivity index (χ3n) is 5.03. The summed E-state index contributed by atoms with van der Waals surface area (Å²) in [5.41, 5.74) is -0.181. The molecule has 4 rings (SSSR count). The minimum Gasteiger partial charge on any atom is -0.333 e. The van der Waals surface area contributed by atoms with Crippen molar-refractivity contribution in [2.45, 2.75) is 31.8 Å². The Bertz CT molecular complexity index is 959. The summed E-state index contributed by atoms with van der Waals surface area (Å²) in [4.78, 5) is 47.8. The smallest absolute Gasteiger partial charge is 0.330 e. The van der Waals surface area contributed by atoms with Crippen LogP contribution in [0.2, 0.25) is 0 Å². The summed E-state index contributed by atoms with van der Waals surface area (Å²) in [6.45, 7) is 4.29. The highest BCUT2D eigenvalue weighted by Crippen LogP contribution is 2.34. The summed E-state index contributed by atoms with van der Waals surface area (Å²) in [5.74, 6) is -0.126.